The van der Waals surface area contributed by atoms with Crippen LogP contribution >= 0.6 is 17.0 Å². The van der Waals surface area contributed by atoms with Crippen molar-refractivity contribution < 1.29 is 19.4 Å². The monoisotopic (exact) mass is 477 g/mol. The van der Waals surface area contributed by atoms with E-state index in [1.165, 1.54) is 51.8 Å². The molecule has 0 radical (unpaired) electrons. The van der Waals surface area contributed by atoms with E-state index in [-0.39, 0.29) is 0 Å². The summed E-state index contributed by atoms with van der Waals surface area (Å²) in [5.41, 5.74) is 9.87. The quantitative estimate of drug-likeness (QED) is 0.373. The zero-order valence-corrected chi connectivity index (χ0v) is 20.8. The van der Waals surface area contributed by atoms with Crippen LogP contribution in [0.3, 0.4) is 0 Å². The van der Waals surface area contributed by atoms with Gasteiger partial charge in [-0.15, -0.1) is 0 Å². The molecule has 3 heteroatoms. The maximum absolute atomic E-state index is 6.67. The predicted octanol–water partition coefficient (Wildman–Crippen LogP) is 8.59. The molecule has 2 aromatic rings. The Morgan fingerprint density at radius 3 is 2.41 bits per heavy atom. The van der Waals surface area contributed by atoms with Crippen LogP contribution in [0.5, 0.6) is 0 Å². The summed E-state index contributed by atoms with van der Waals surface area (Å²) in [6, 6.07) is 13.5. The summed E-state index contributed by atoms with van der Waals surface area (Å²) >= 11 is -2.46. The minimum absolute atomic E-state index is 0.311. The van der Waals surface area contributed by atoms with Crippen molar-refractivity contribution in [1.29, 1.82) is 0 Å². The zero-order chi connectivity index (χ0) is 19.6. The Hall–Kier alpha value is -0.357. The van der Waals surface area contributed by atoms with Gasteiger partial charge in [0.2, 0.25) is 0 Å². The Balaban J connectivity index is 2.26. The van der Waals surface area contributed by atoms with Crippen LogP contribution < -0.4 is 0 Å². The molecular formula is C24H29Cl2Zr. The van der Waals surface area contributed by atoms with Gasteiger partial charge in [0.25, 0.3) is 0 Å². The molecule has 0 aliphatic heterocycles. The van der Waals surface area contributed by atoms with Crippen LogP contribution in [-0.2, 0) is 25.8 Å². The number of fused-ring (bicyclic) bond motifs is 1. The molecule has 1 aliphatic carbocycles. The van der Waals surface area contributed by atoms with Crippen LogP contribution in [0.2, 0.25) is 0 Å². The molecule has 3 rings (SSSR count). The third kappa shape index (κ3) is 4.31. The van der Waals surface area contributed by atoms with Crippen LogP contribution in [-0.4, -0.2) is 0 Å². The summed E-state index contributed by atoms with van der Waals surface area (Å²) in [4.78, 5) is 0. The summed E-state index contributed by atoms with van der Waals surface area (Å²) in [7, 11) is 13.3. The molecule has 0 nitrogen and oxygen atoms in total. The van der Waals surface area contributed by atoms with E-state index in [2.05, 4.69) is 70.2 Å². The molecule has 1 aliphatic rings. The van der Waals surface area contributed by atoms with Gasteiger partial charge in [-0.3, -0.25) is 0 Å². The Labute approximate surface area is 179 Å². The molecule has 0 saturated heterocycles. The SMILES string of the molecule is CCCCC1=Cc2c(ccc(C(C)C)c2-c2ccccc2CC)[CH]1[Zr]([Cl])[Cl]. The molecular weight excluding hydrogens is 450 g/mol. The molecule has 1 atom stereocenters. The summed E-state index contributed by atoms with van der Waals surface area (Å²) < 4.78 is 0.311. The number of allylic oxidation sites excluding steroid dienone is 1. The molecule has 0 spiro atoms. The van der Waals surface area contributed by atoms with E-state index in [0.29, 0.717) is 9.54 Å². The van der Waals surface area contributed by atoms with Gasteiger partial charge in [0.05, 0.1) is 0 Å². The van der Waals surface area contributed by atoms with E-state index >= 15 is 0 Å². The van der Waals surface area contributed by atoms with Crippen LogP contribution in [0.4, 0.5) is 0 Å². The zero-order valence-electron chi connectivity index (χ0n) is 16.8. The number of rotatable bonds is 7. The molecule has 0 fully saturated rings. The number of benzene rings is 2. The average molecular weight is 480 g/mol. The van der Waals surface area contributed by atoms with Gasteiger partial charge >= 0.3 is 181 Å². The Bertz CT molecular complexity index is 836. The fourth-order valence-electron chi connectivity index (χ4n) is 4.24. The summed E-state index contributed by atoms with van der Waals surface area (Å²) in [6.07, 6.45) is 7.00. The van der Waals surface area contributed by atoms with Gasteiger partial charge < -0.3 is 0 Å². The van der Waals surface area contributed by atoms with Gasteiger partial charge in [-0.25, -0.2) is 0 Å². The topological polar surface area (TPSA) is 0 Å². The average Bonchev–Trinajstić information content (AvgIpc) is 3.03. The van der Waals surface area contributed by atoms with Gasteiger partial charge in [0.1, 0.15) is 0 Å². The normalized spacial score (nSPS) is 15.8. The second-order valence-electron chi connectivity index (χ2n) is 7.74. The number of unbranched alkanes of at least 4 members (excludes halogenated alkanes) is 1. The molecule has 2 aromatic carbocycles. The van der Waals surface area contributed by atoms with Crippen molar-refractivity contribution in [2.24, 2.45) is 0 Å². The third-order valence-electron chi connectivity index (χ3n) is 5.65. The molecule has 0 N–H and O–H groups in total. The third-order valence-corrected chi connectivity index (χ3v) is 11.0. The van der Waals surface area contributed by atoms with Crippen molar-refractivity contribution in [2.75, 3.05) is 0 Å². The first-order valence-electron chi connectivity index (χ1n) is 10.1. The Morgan fingerprint density at radius 2 is 1.78 bits per heavy atom. The predicted molar refractivity (Wildman–Crippen MR) is 117 cm³/mol. The van der Waals surface area contributed by atoms with Gasteiger partial charge in [0, 0.05) is 0 Å². The second-order valence-corrected chi connectivity index (χ2v) is 16.5. The van der Waals surface area contributed by atoms with Crippen LogP contribution in [0.1, 0.15) is 78.8 Å². The van der Waals surface area contributed by atoms with E-state index in [9.17, 15) is 0 Å². The molecule has 27 heavy (non-hydrogen) atoms. The van der Waals surface area contributed by atoms with Crippen molar-refractivity contribution in [1.82, 2.24) is 0 Å². The minimum atomic E-state index is -2.46. The van der Waals surface area contributed by atoms with Crippen LogP contribution in [0.25, 0.3) is 17.2 Å². The number of hydrogen-bond acceptors (Lipinski definition) is 0. The van der Waals surface area contributed by atoms with Crippen molar-refractivity contribution in [3.05, 3.63) is 64.2 Å². The first-order valence-corrected chi connectivity index (χ1v) is 17.9. The van der Waals surface area contributed by atoms with Crippen molar-refractivity contribution >= 4 is 23.1 Å². The van der Waals surface area contributed by atoms with Crippen LogP contribution in [0.15, 0.2) is 42.0 Å². The molecule has 0 amide bonds. The molecule has 0 bridgehead atoms. The van der Waals surface area contributed by atoms with Gasteiger partial charge in [-0.05, 0) is 0 Å². The van der Waals surface area contributed by atoms with Crippen molar-refractivity contribution in [3.63, 3.8) is 0 Å². The summed E-state index contributed by atoms with van der Waals surface area (Å²) in [6.45, 7) is 9.07. The number of aryl methyl sites for hydroxylation is 1. The first kappa shape index (κ1) is 21.4. The molecule has 0 aromatic heterocycles. The van der Waals surface area contributed by atoms with Crippen molar-refractivity contribution in [2.45, 2.75) is 62.9 Å². The van der Waals surface area contributed by atoms with E-state index in [0.717, 1.165) is 12.8 Å². The Kier molecular flexibility index (Phi) is 7.46. The van der Waals surface area contributed by atoms with Crippen molar-refractivity contribution in [3.8, 4) is 11.1 Å². The molecule has 0 heterocycles. The van der Waals surface area contributed by atoms with E-state index < -0.39 is 19.4 Å². The number of hydrogen-bond donors (Lipinski definition) is 0. The van der Waals surface area contributed by atoms with Gasteiger partial charge in [0.15, 0.2) is 0 Å². The molecule has 143 valence electrons. The standard InChI is InChI=1S/C24H29.2ClH.Zr/c1-5-7-10-18-15-20-13-14-21(17(3)4)24(23(20)16-18)22-12-9-8-11-19(22)6-2;;;/h8-9,11-17H,5-7,10H2,1-4H3;2*1H;/q;;;+2/p-2. The van der Waals surface area contributed by atoms with Gasteiger partial charge in [-0.1, -0.05) is 0 Å². The first-order chi connectivity index (χ1) is 13.0. The summed E-state index contributed by atoms with van der Waals surface area (Å²) in [5.74, 6) is 0.479. The Morgan fingerprint density at radius 1 is 1.04 bits per heavy atom. The van der Waals surface area contributed by atoms with Crippen LogP contribution in [0, 0.1) is 0 Å². The summed E-state index contributed by atoms with van der Waals surface area (Å²) in [5, 5.41) is 0. The van der Waals surface area contributed by atoms with E-state index in [1.54, 1.807) is 0 Å². The molecule has 0 saturated carbocycles. The number of halogens is 2. The van der Waals surface area contributed by atoms with E-state index in [4.69, 9.17) is 17.0 Å². The van der Waals surface area contributed by atoms with Gasteiger partial charge in [-0.2, -0.15) is 0 Å². The molecule has 1 unspecified atom stereocenters. The fraction of sp³-hybridized carbons (Fsp3) is 0.417. The van der Waals surface area contributed by atoms with E-state index in [1.807, 2.05) is 0 Å². The fourth-order valence-corrected chi connectivity index (χ4v) is 9.73. The maximum atomic E-state index is 6.67. The second kappa shape index (κ2) is 9.43.